The molecule has 1 heterocycles. The number of rotatable bonds is 11. The molecule has 0 aliphatic carbocycles. The number of nitrogens with one attached hydrogen (secondary N) is 1. The molecule has 0 saturated carbocycles. The van der Waals surface area contributed by atoms with Gasteiger partial charge in [0.25, 0.3) is 5.91 Å². The van der Waals surface area contributed by atoms with Crippen LogP contribution in [-0.4, -0.2) is 47.3 Å². The van der Waals surface area contributed by atoms with Crippen molar-refractivity contribution in [1.82, 2.24) is 10.3 Å². The van der Waals surface area contributed by atoms with E-state index >= 15 is 0 Å². The molecule has 1 unspecified atom stereocenters. The minimum absolute atomic E-state index is 0.00347. The first-order valence-corrected chi connectivity index (χ1v) is 10.4. The Bertz CT molecular complexity index is 815. The Balaban J connectivity index is 1.83. The fourth-order valence-electron chi connectivity index (χ4n) is 2.56. The molecule has 1 N–H and O–H groups in total. The molecule has 1 amide bonds. The molecule has 1 aromatic heterocycles. The van der Waals surface area contributed by atoms with Crippen LogP contribution in [0.25, 0.3) is 0 Å². The molecule has 0 radical (unpaired) electrons. The van der Waals surface area contributed by atoms with E-state index in [-0.39, 0.29) is 24.7 Å². The van der Waals surface area contributed by atoms with Crippen molar-refractivity contribution in [3.63, 3.8) is 0 Å². The maximum atomic E-state index is 12.9. The Morgan fingerprint density at radius 2 is 1.93 bits per heavy atom. The summed E-state index contributed by atoms with van der Waals surface area (Å²) in [6, 6.07) is 8.63. The van der Waals surface area contributed by atoms with Crippen molar-refractivity contribution in [2.75, 3.05) is 24.7 Å². The summed E-state index contributed by atoms with van der Waals surface area (Å²) >= 11 is 1.46. The molecular weight excluding hydrogens is 395 g/mol. The molecule has 0 spiro atoms. The summed E-state index contributed by atoms with van der Waals surface area (Å²) < 4.78 is 17.9. The van der Waals surface area contributed by atoms with Gasteiger partial charge in [-0.1, -0.05) is 0 Å². The van der Waals surface area contributed by atoms with Crippen LogP contribution in [0, 0.1) is 11.7 Å². The standard InChI is InChI=1S/C21H23FN2O4S/c1-2-28-19(25)12-17(20(26)16-4-3-9-23-13-16)14-29-11-10-24-21(27)15-5-7-18(22)8-6-15/h3-9,13,17H,2,10-12,14H2,1H3,(H,24,27). The van der Waals surface area contributed by atoms with E-state index in [1.165, 1.54) is 42.2 Å². The zero-order chi connectivity index (χ0) is 21.1. The molecule has 154 valence electrons. The number of thioether (sulfide) groups is 1. The highest BCUT2D eigenvalue weighted by Crippen LogP contribution is 2.18. The molecule has 0 fully saturated rings. The van der Waals surface area contributed by atoms with E-state index in [0.717, 1.165) is 0 Å². The third-order valence-corrected chi connectivity index (χ3v) is 5.12. The van der Waals surface area contributed by atoms with Gasteiger partial charge in [-0.3, -0.25) is 19.4 Å². The molecule has 1 aromatic carbocycles. The zero-order valence-electron chi connectivity index (χ0n) is 16.1. The van der Waals surface area contributed by atoms with Crippen molar-refractivity contribution in [2.45, 2.75) is 13.3 Å². The summed E-state index contributed by atoms with van der Waals surface area (Å²) in [6.45, 7) is 2.36. The highest BCUT2D eigenvalue weighted by Gasteiger charge is 2.24. The first kappa shape index (κ1) is 22.5. The number of pyridine rings is 1. The zero-order valence-corrected chi connectivity index (χ0v) is 16.9. The minimum Gasteiger partial charge on any atom is -0.466 e. The van der Waals surface area contributed by atoms with Crippen LogP contribution in [0.5, 0.6) is 0 Å². The van der Waals surface area contributed by atoms with Gasteiger partial charge in [-0.05, 0) is 43.3 Å². The smallest absolute Gasteiger partial charge is 0.306 e. The number of amides is 1. The summed E-state index contributed by atoms with van der Waals surface area (Å²) in [6.07, 6.45) is 3.06. The number of Topliss-reactive ketones (excluding diaryl/α,β-unsaturated/α-hetero) is 1. The van der Waals surface area contributed by atoms with Crippen molar-refractivity contribution >= 4 is 29.4 Å². The summed E-state index contributed by atoms with van der Waals surface area (Å²) in [4.78, 5) is 40.5. The summed E-state index contributed by atoms with van der Waals surface area (Å²) in [5.41, 5.74) is 0.829. The van der Waals surface area contributed by atoms with Crippen LogP contribution in [0.2, 0.25) is 0 Å². The average Bonchev–Trinajstić information content (AvgIpc) is 2.73. The molecule has 0 bridgehead atoms. The van der Waals surface area contributed by atoms with Crippen LogP contribution in [0.4, 0.5) is 4.39 Å². The molecule has 2 aromatic rings. The first-order valence-electron chi connectivity index (χ1n) is 9.22. The molecule has 8 heteroatoms. The van der Waals surface area contributed by atoms with Gasteiger partial charge in [0.05, 0.1) is 13.0 Å². The van der Waals surface area contributed by atoms with E-state index in [2.05, 4.69) is 10.3 Å². The lowest BCUT2D eigenvalue weighted by molar-refractivity contribution is -0.143. The minimum atomic E-state index is -0.531. The summed E-state index contributed by atoms with van der Waals surface area (Å²) in [5, 5.41) is 2.75. The molecule has 2 rings (SSSR count). The third kappa shape index (κ3) is 7.65. The van der Waals surface area contributed by atoms with Crippen molar-refractivity contribution < 1.29 is 23.5 Å². The number of halogens is 1. The molecule has 0 aliphatic rings. The second-order valence-corrected chi connectivity index (χ2v) is 7.30. The predicted octanol–water partition coefficient (Wildman–Crippen LogP) is 3.14. The van der Waals surface area contributed by atoms with E-state index in [1.807, 2.05) is 0 Å². The lowest BCUT2D eigenvalue weighted by Crippen LogP contribution is -2.27. The summed E-state index contributed by atoms with van der Waals surface area (Å²) in [5.74, 6) is -0.820. The SMILES string of the molecule is CCOC(=O)CC(CSCCNC(=O)c1ccc(F)cc1)C(=O)c1cccnc1. The number of benzene rings is 1. The van der Waals surface area contributed by atoms with Gasteiger partial charge in [-0.15, -0.1) is 0 Å². The normalized spacial score (nSPS) is 11.5. The van der Waals surface area contributed by atoms with Crippen molar-refractivity contribution in [1.29, 1.82) is 0 Å². The van der Waals surface area contributed by atoms with Crippen LogP contribution >= 0.6 is 11.8 Å². The number of ether oxygens (including phenoxy) is 1. The van der Waals surface area contributed by atoms with Crippen molar-refractivity contribution in [3.05, 3.63) is 65.7 Å². The van der Waals surface area contributed by atoms with Crippen LogP contribution in [-0.2, 0) is 9.53 Å². The number of carbonyl (C=O) groups excluding carboxylic acids is 3. The fourth-order valence-corrected chi connectivity index (χ4v) is 3.53. The van der Waals surface area contributed by atoms with E-state index < -0.39 is 17.7 Å². The van der Waals surface area contributed by atoms with Gasteiger partial charge in [-0.25, -0.2) is 4.39 Å². The lowest BCUT2D eigenvalue weighted by atomic mass is 9.97. The number of carbonyl (C=O) groups is 3. The van der Waals surface area contributed by atoms with Crippen LogP contribution < -0.4 is 5.32 Å². The number of hydrogen-bond acceptors (Lipinski definition) is 6. The quantitative estimate of drug-likeness (QED) is 0.343. The van der Waals surface area contributed by atoms with Crippen LogP contribution in [0.3, 0.4) is 0 Å². The first-order chi connectivity index (χ1) is 14.0. The highest BCUT2D eigenvalue weighted by atomic mass is 32.2. The lowest BCUT2D eigenvalue weighted by Gasteiger charge is -2.15. The fraction of sp³-hybridized carbons (Fsp3) is 0.333. The molecule has 1 atom stereocenters. The second-order valence-electron chi connectivity index (χ2n) is 6.15. The Morgan fingerprint density at radius 1 is 1.17 bits per heavy atom. The van der Waals surface area contributed by atoms with Gasteiger partial charge in [0.2, 0.25) is 0 Å². The van der Waals surface area contributed by atoms with E-state index in [0.29, 0.717) is 29.2 Å². The number of ketones is 1. The molecular formula is C21H23FN2O4S. The van der Waals surface area contributed by atoms with Crippen molar-refractivity contribution in [2.24, 2.45) is 5.92 Å². The Kier molecular flexibility index (Phi) is 9.30. The summed E-state index contributed by atoms with van der Waals surface area (Å²) in [7, 11) is 0. The van der Waals surface area contributed by atoms with E-state index in [1.54, 1.807) is 25.3 Å². The molecule has 0 saturated heterocycles. The number of hydrogen-bond donors (Lipinski definition) is 1. The maximum Gasteiger partial charge on any atom is 0.306 e. The maximum absolute atomic E-state index is 12.9. The topological polar surface area (TPSA) is 85.4 Å². The Morgan fingerprint density at radius 3 is 2.59 bits per heavy atom. The van der Waals surface area contributed by atoms with Gasteiger partial charge in [0.1, 0.15) is 5.82 Å². The van der Waals surface area contributed by atoms with Gasteiger partial charge in [0, 0.05) is 47.5 Å². The number of aromatic nitrogens is 1. The van der Waals surface area contributed by atoms with Crippen molar-refractivity contribution in [3.8, 4) is 0 Å². The van der Waals surface area contributed by atoms with Crippen LogP contribution in [0.15, 0.2) is 48.8 Å². The second kappa shape index (κ2) is 12.0. The van der Waals surface area contributed by atoms with E-state index in [4.69, 9.17) is 4.74 Å². The van der Waals surface area contributed by atoms with E-state index in [9.17, 15) is 18.8 Å². The number of esters is 1. The van der Waals surface area contributed by atoms with Gasteiger partial charge in [-0.2, -0.15) is 11.8 Å². The van der Waals surface area contributed by atoms with Crippen LogP contribution in [0.1, 0.15) is 34.1 Å². The number of nitrogens with zero attached hydrogens (tertiary/aromatic N) is 1. The highest BCUT2D eigenvalue weighted by molar-refractivity contribution is 7.99. The Labute approximate surface area is 173 Å². The molecule has 6 nitrogen and oxygen atoms in total. The monoisotopic (exact) mass is 418 g/mol. The predicted molar refractivity (Wildman–Crippen MR) is 109 cm³/mol. The third-order valence-electron chi connectivity index (χ3n) is 3.99. The molecule has 0 aliphatic heterocycles. The van der Waals surface area contributed by atoms with Gasteiger partial charge in [0.15, 0.2) is 5.78 Å². The average molecular weight is 418 g/mol. The van der Waals surface area contributed by atoms with Gasteiger partial charge >= 0.3 is 5.97 Å². The largest absolute Gasteiger partial charge is 0.466 e. The molecule has 29 heavy (non-hydrogen) atoms. The van der Waals surface area contributed by atoms with Gasteiger partial charge < -0.3 is 10.1 Å². The Hall–Kier alpha value is -2.74.